The molecule has 0 saturated carbocycles. The van der Waals surface area contributed by atoms with E-state index in [4.69, 9.17) is 9.72 Å². The molecule has 0 aromatic carbocycles. The second-order valence-corrected chi connectivity index (χ2v) is 9.67. The van der Waals surface area contributed by atoms with Crippen molar-refractivity contribution >= 4 is 28.5 Å². The molecule has 4 saturated heterocycles. The van der Waals surface area contributed by atoms with Crippen molar-refractivity contribution in [3.05, 3.63) is 24.4 Å². The molecule has 2 bridgehead atoms. The lowest BCUT2D eigenvalue weighted by atomic mass is 9.94. The summed E-state index contributed by atoms with van der Waals surface area (Å²) in [7, 11) is 0. The van der Waals surface area contributed by atoms with Gasteiger partial charge in [0.05, 0.1) is 18.3 Å². The van der Waals surface area contributed by atoms with Crippen LogP contribution >= 0.6 is 0 Å². The van der Waals surface area contributed by atoms with Crippen LogP contribution in [0.3, 0.4) is 0 Å². The first-order valence-electron chi connectivity index (χ1n) is 11.9. The summed E-state index contributed by atoms with van der Waals surface area (Å²) >= 11 is 0. The van der Waals surface area contributed by atoms with Crippen molar-refractivity contribution in [3.8, 4) is 0 Å². The van der Waals surface area contributed by atoms with Crippen molar-refractivity contribution in [3.63, 3.8) is 0 Å². The van der Waals surface area contributed by atoms with Crippen LogP contribution in [0, 0.1) is 0 Å². The smallest absolute Gasteiger partial charge is 0.323 e. The minimum atomic E-state index is -0.0426. The molecule has 3 unspecified atom stereocenters. The van der Waals surface area contributed by atoms with Crippen LogP contribution in [0.15, 0.2) is 24.4 Å². The second-order valence-electron chi connectivity index (χ2n) is 9.67. The molecule has 6 rings (SSSR count). The Morgan fingerprint density at radius 3 is 2.69 bits per heavy atom. The van der Waals surface area contributed by atoms with Gasteiger partial charge < -0.3 is 15.4 Å². The molecular weight excluding hydrogens is 406 g/mol. The molecule has 4 aliphatic rings. The van der Waals surface area contributed by atoms with Crippen LogP contribution in [0.25, 0.3) is 10.9 Å². The van der Waals surface area contributed by atoms with Crippen LogP contribution in [-0.2, 0) is 9.53 Å². The predicted molar refractivity (Wildman–Crippen MR) is 122 cm³/mol. The van der Waals surface area contributed by atoms with Crippen molar-refractivity contribution in [1.29, 1.82) is 0 Å². The van der Waals surface area contributed by atoms with Gasteiger partial charge in [-0.25, -0.2) is 10.4 Å². The maximum atomic E-state index is 12.2. The van der Waals surface area contributed by atoms with Crippen LogP contribution in [0.1, 0.15) is 45.4 Å². The molecule has 2 aromatic rings. The summed E-state index contributed by atoms with van der Waals surface area (Å²) in [6, 6.07) is 7.63. The number of cyclic esters (lactones) is 1. The minimum Gasteiger partial charge on any atom is -0.464 e. The van der Waals surface area contributed by atoms with Crippen molar-refractivity contribution in [2.75, 3.05) is 17.2 Å². The lowest BCUT2D eigenvalue weighted by Crippen LogP contribution is -2.53. The number of pyridine rings is 2. The maximum absolute atomic E-state index is 12.2. The van der Waals surface area contributed by atoms with Crippen LogP contribution in [0.4, 0.5) is 11.6 Å². The molecule has 0 radical (unpaired) electrons. The summed E-state index contributed by atoms with van der Waals surface area (Å²) in [5.41, 5.74) is 7.45. The number of esters is 1. The molecule has 0 aliphatic carbocycles. The fourth-order valence-corrected chi connectivity index (χ4v) is 6.04. The van der Waals surface area contributed by atoms with E-state index < -0.39 is 0 Å². The average molecular weight is 438 g/mol. The maximum Gasteiger partial charge on any atom is 0.323 e. The number of carbonyl (C=O) groups excluding carboxylic acids is 1. The number of rotatable bonds is 5. The molecule has 4 aliphatic heterocycles. The Kier molecular flexibility index (Phi) is 5.12. The molecule has 0 amide bonds. The lowest BCUT2D eigenvalue weighted by molar-refractivity contribution is -0.143. The molecule has 4 N–H and O–H groups in total. The van der Waals surface area contributed by atoms with E-state index in [0.717, 1.165) is 61.1 Å². The number of hydrogen-bond donors (Lipinski definition) is 4. The first-order valence-corrected chi connectivity index (χ1v) is 11.9. The van der Waals surface area contributed by atoms with Gasteiger partial charge in [0, 0.05) is 48.2 Å². The van der Waals surface area contributed by atoms with Gasteiger partial charge in [-0.15, -0.1) is 0 Å². The van der Waals surface area contributed by atoms with Crippen molar-refractivity contribution in [2.24, 2.45) is 0 Å². The average Bonchev–Trinajstić information content (AvgIpc) is 3.45. The topological polar surface area (TPSA) is 103 Å². The van der Waals surface area contributed by atoms with Crippen LogP contribution in [0.2, 0.25) is 0 Å². The number of hydrogen-bond acceptors (Lipinski definition) is 9. The Morgan fingerprint density at radius 1 is 1.12 bits per heavy atom. The van der Waals surface area contributed by atoms with E-state index in [1.807, 2.05) is 18.3 Å². The molecule has 6 heterocycles. The predicted octanol–water partition coefficient (Wildman–Crippen LogP) is 1.98. The first-order chi connectivity index (χ1) is 15.6. The quantitative estimate of drug-likeness (QED) is 0.523. The Bertz CT molecular complexity index is 1000. The largest absolute Gasteiger partial charge is 0.464 e. The molecule has 170 valence electrons. The van der Waals surface area contributed by atoms with Crippen LogP contribution in [-0.4, -0.2) is 63.8 Å². The van der Waals surface area contributed by atoms with E-state index >= 15 is 0 Å². The van der Waals surface area contributed by atoms with Crippen molar-refractivity contribution in [2.45, 2.75) is 81.8 Å². The van der Waals surface area contributed by atoms with E-state index in [9.17, 15) is 4.79 Å². The zero-order chi connectivity index (χ0) is 21.7. The number of hydrazine groups is 1. The highest BCUT2D eigenvalue weighted by molar-refractivity contribution is 5.91. The van der Waals surface area contributed by atoms with Crippen LogP contribution in [0.5, 0.6) is 0 Å². The zero-order valence-electron chi connectivity index (χ0n) is 18.4. The Morgan fingerprint density at radius 2 is 1.97 bits per heavy atom. The number of piperidine rings is 1. The van der Waals surface area contributed by atoms with Gasteiger partial charge in [-0.05, 0) is 51.2 Å². The highest BCUT2D eigenvalue weighted by Gasteiger charge is 2.47. The number of ether oxygens (including phenoxy) is 1. The Hall–Kier alpha value is -2.49. The number of fused-ring (bicyclic) bond motifs is 3. The van der Waals surface area contributed by atoms with Crippen LogP contribution < -0.4 is 21.5 Å². The molecule has 4 fully saturated rings. The summed E-state index contributed by atoms with van der Waals surface area (Å²) in [6.07, 6.45) is 8.13. The monoisotopic (exact) mass is 437 g/mol. The highest BCUT2D eigenvalue weighted by Crippen LogP contribution is 2.40. The lowest BCUT2D eigenvalue weighted by Gasteiger charge is -2.41. The van der Waals surface area contributed by atoms with Gasteiger partial charge in [-0.3, -0.25) is 20.1 Å². The molecular formula is C23H31N7O2. The van der Waals surface area contributed by atoms with Crippen molar-refractivity contribution < 1.29 is 9.53 Å². The normalized spacial score (nSPS) is 34.7. The molecule has 0 spiro atoms. The third kappa shape index (κ3) is 3.68. The summed E-state index contributed by atoms with van der Waals surface area (Å²) in [4.78, 5) is 24.2. The van der Waals surface area contributed by atoms with E-state index in [-0.39, 0.29) is 18.2 Å². The van der Waals surface area contributed by atoms with Gasteiger partial charge >= 0.3 is 5.97 Å². The summed E-state index contributed by atoms with van der Waals surface area (Å²) < 4.78 is 5.26. The van der Waals surface area contributed by atoms with Gasteiger partial charge in [0.1, 0.15) is 17.7 Å². The van der Waals surface area contributed by atoms with Gasteiger partial charge in [-0.1, -0.05) is 0 Å². The second kappa shape index (κ2) is 8.13. The summed E-state index contributed by atoms with van der Waals surface area (Å²) in [5.74, 6) is 1.67. The molecule has 32 heavy (non-hydrogen) atoms. The molecule has 9 nitrogen and oxygen atoms in total. The number of anilines is 2. The van der Waals surface area contributed by atoms with Crippen molar-refractivity contribution in [1.82, 2.24) is 25.7 Å². The Balaban J connectivity index is 1.22. The third-order valence-corrected chi connectivity index (χ3v) is 7.41. The van der Waals surface area contributed by atoms with E-state index in [2.05, 4.69) is 44.4 Å². The summed E-state index contributed by atoms with van der Waals surface area (Å²) in [6.45, 7) is 2.72. The van der Waals surface area contributed by atoms with Gasteiger partial charge in [0.2, 0.25) is 0 Å². The van der Waals surface area contributed by atoms with Gasteiger partial charge in [0.25, 0.3) is 0 Å². The van der Waals surface area contributed by atoms with E-state index in [1.54, 1.807) is 0 Å². The standard InChI is InChI=1S/C23H31N7O2/c1-13-9-21(29-28-13)26-20-12-18-17(3-2-7-24-18)22(27-20)25-14-10-15-4-5-16(11-14)30(15)19-6-8-32-23(19)31/h2-3,7,12-16,19,21,28-29H,4-6,8-11H2,1H3,(H2,25,26,27)/t13?,14?,15-,16+,19-,21?/m0/s1. The number of aromatic nitrogens is 2. The number of nitrogens with zero attached hydrogens (tertiary/aromatic N) is 3. The van der Waals surface area contributed by atoms with E-state index in [0.29, 0.717) is 30.8 Å². The van der Waals surface area contributed by atoms with Gasteiger partial charge in [0.15, 0.2) is 0 Å². The van der Waals surface area contributed by atoms with Gasteiger partial charge in [-0.2, -0.15) is 0 Å². The summed E-state index contributed by atoms with van der Waals surface area (Å²) in [5, 5.41) is 8.29. The number of carbonyl (C=O) groups is 1. The highest BCUT2D eigenvalue weighted by atomic mass is 16.5. The zero-order valence-corrected chi connectivity index (χ0v) is 18.4. The fraction of sp³-hybridized carbons (Fsp3) is 0.609. The SMILES string of the molecule is CC1CC(Nc2cc3ncccc3c(NC3C[C@H]4CC[C@@H](C3)N4[C@H]3CCOC3=O)n2)NN1. The molecule has 6 atom stereocenters. The Labute approximate surface area is 187 Å². The minimum absolute atomic E-state index is 0.0323. The molecule has 9 heteroatoms. The number of nitrogens with one attached hydrogen (secondary N) is 4. The molecule has 2 aromatic heterocycles. The third-order valence-electron chi connectivity index (χ3n) is 7.41. The van der Waals surface area contributed by atoms with E-state index in [1.165, 1.54) is 0 Å². The fourth-order valence-electron chi connectivity index (χ4n) is 6.04. The first kappa shape index (κ1) is 20.1.